The number of pyridine rings is 1. The van der Waals surface area contributed by atoms with Gasteiger partial charge in [0.2, 0.25) is 15.9 Å². The number of hydrogen-bond acceptors (Lipinski definition) is 8. The molecule has 6 rings (SSSR count). The fourth-order valence-electron chi connectivity index (χ4n) is 5.94. The van der Waals surface area contributed by atoms with Gasteiger partial charge in [-0.3, -0.25) is 14.3 Å². The largest absolute Gasteiger partial charge is 0.497 e. The molecule has 2 heterocycles. The van der Waals surface area contributed by atoms with E-state index in [9.17, 15) is 22.8 Å². The van der Waals surface area contributed by atoms with Crippen molar-refractivity contribution >= 4 is 38.8 Å². The zero-order valence-electron chi connectivity index (χ0n) is 27.1. The molecule has 254 valence electrons. The molecule has 3 N–H and O–H groups in total. The van der Waals surface area contributed by atoms with Crippen LogP contribution in [0.2, 0.25) is 0 Å². The van der Waals surface area contributed by atoms with Crippen LogP contribution in [0.5, 0.6) is 11.5 Å². The molecular weight excluding hydrogens is 634 g/mol. The van der Waals surface area contributed by atoms with Crippen molar-refractivity contribution in [3.8, 4) is 22.8 Å². The Morgan fingerprint density at radius 1 is 1.10 bits per heavy atom. The molecule has 1 aliphatic heterocycles. The number of carbonyl (C=O) groups excluding carboxylic acids is 3. The van der Waals surface area contributed by atoms with Gasteiger partial charge in [0.15, 0.2) is 0 Å². The molecule has 48 heavy (non-hydrogen) atoms. The fraction of sp³-hybridized carbons (Fsp3) is 0.429. The average Bonchev–Trinajstić information content (AvgIpc) is 4.01. The first-order valence-electron chi connectivity index (χ1n) is 16.3. The number of sulfonamides is 1. The summed E-state index contributed by atoms with van der Waals surface area (Å²) in [4.78, 5) is 46.9. The van der Waals surface area contributed by atoms with Gasteiger partial charge in [-0.25, -0.2) is 18.2 Å². The first-order valence-corrected chi connectivity index (χ1v) is 17.9. The van der Waals surface area contributed by atoms with Crippen LogP contribution in [-0.4, -0.2) is 80.3 Å². The van der Waals surface area contributed by atoms with E-state index in [1.807, 2.05) is 66.7 Å². The molecule has 3 atom stereocenters. The second-order valence-electron chi connectivity index (χ2n) is 12.7. The SMILES string of the molecule is COc1ccc2c(OCCC3NC(=O)N(C)CCCC/C=C\C4C[C@@]4(C(=O)NS(=O)(=O)C4CC4)NC3=O)cc(-c3ccccc3)nc2c1. The van der Waals surface area contributed by atoms with E-state index >= 15 is 0 Å². The van der Waals surface area contributed by atoms with Gasteiger partial charge >= 0.3 is 6.03 Å². The maximum atomic E-state index is 13.9. The molecule has 2 fully saturated rings. The summed E-state index contributed by atoms with van der Waals surface area (Å²) in [5, 5.41) is 5.80. The molecule has 3 aliphatic rings. The van der Waals surface area contributed by atoms with Crippen molar-refractivity contribution in [3.05, 3.63) is 66.7 Å². The Morgan fingerprint density at radius 3 is 2.65 bits per heavy atom. The third-order valence-corrected chi connectivity index (χ3v) is 10.9. The maximum Gasteiger partial charge on any atom is 0.317 e. The quantitative estimate of drug-likeness (QED) is 0.289. The van der Waals surface area contributed by atoms with Gasteiger partial charge in [-0.1, -0.05) is 42.5 Å². The third kappa shape index (κ3) is 7.40. The molecule has 13 heteroatoms. The summed E-state index contributed by atoms with van der Waals surface area (Å²) >= 11 is 0. The number of rotatable bonds is 9. The van der Waals surface area contributed by atoms with Crippen LogP contribution in [0.15, 0.2) is 66.7 Å². The summed E-state index contributed by atoms with van der Waals surface area (Å²) < 4.78 is 39.2. The van der Waals surface area contributed by atoms with Crippen LogP contribution < -0.4 is 24.8 Å². The molecule has 2 aromatic carbocycles. The first kappa shape index (κ1) is 33.3. The third-order valence-electron chi connectivity index (χ3n) is 9.12. The van der Waals surface area contributed by atoms with Crippen molar-refractivity contribution in [1.29, 1.82) is 0 Å². The van der Waals surface area contributed by atoms with E-state index in [0.29, 0.717) is 42.1 Å². The van der Waals surface area contributed by atoms with Gasteiger partial charge in [0.05, 0.1) is 30.2 Å². The number of nitrogens with zero attached hydrogens (tertiary/aromatic N) is 2. The van der Waals surface area contributed by atoms with Crippen molar-refractivity contribution in [2.75, 3.05) is 27.3 Å². The smallest absolute Gasteiger partial charge is 0.317 e. The van der Waals surface area contributed by atoms with Crippen LogP contribution in [0, 0.1) is 5.92 Å². The minimum atomic E-state index is -3.83. The summed E-state index contributed by atoms with van der Waals surface area (Å²) in [5.74, 6) is -0.535. The van der Waals surface area contributed by atoms with Crippen LogP contribution in [0.1, 0.15) is 44.9 Å². The predicted molar refractivity (Wildman–Crippen MR) is 181 cm³/mol. The Bertz CT molecular complexity index is 1830. The molecular formula is C35H41N5O7S. The van der Waals surface area contributed by atoms with Crippen molar-refractivity contribution < 1.29 is 32.3 Å². The van der Waals surface area contributed by atoms with Gasteiger partial charge in [0, 0.05) is 49.0 Å². The van der Waals surface area contributed by atoms with Gasteiger partial charge in [-0.2, -0.15) is 0 Å². The second kappa shape index (κ2) is 13.8. The molecule has 0 radical (unpaired) electrons. The molecule has 0 saturated heterocycles. The number of carbonyl (C=O) groups is 3. The highest BCUT2D eigenvalue weighted by atomic mass is 32.2. The lowest BCUT2D eigenvalue weighted by Gasteiger charge is -2.26. The Hall–Kier alpha value is -4.65. The molecule has 0 spiro atoms. The Labute approximate surface area is 280 Å². The van der Waals surface area contributed by atoms with Gasteiger partial charge in [0.1, 0.15) is 23.1 Å². The van der Waals surface area contributed by atoms with Gasteiger partial charge < -0.3 is 25.0 Å². The highest BCUT2D eigenvalue weighted by Crippen LogP contribution is 2.46. The van der Waals surface area contributed by atoms with Crippen LogP contribution in [0.3, 0.4) is 0 Å². The summed E-state index contributed by atoms with van der Waals surface area (Å²) in [6.07, 6.45) is 7.49. The van der Waals surface area contributed by atoms with E-state index in [1.54, 1.807) is 14.2 Å². The summed E-state index contributed by atoms with van der Waals surface area (Å²) in [6, 6.07) is 15.5. The number of hydrogen-bond donors (Lipinski definition) is 3. The number of urea groups is 1. The van der Waals surface area contributed by atoms with Crippen molar-refractivity contribution in [2.45, 2.75) is 61.8 Å². The van der Waals surface area contributed by atoms with E-state index < -0.39 is 44.7 Å². The number of methoxy groups -OCH3 is 1. The highest BCUT2D eigenvalue weighted by molar-refractivity contribution is 7.91. The number of nitrogens with one attached hydrogen (secondary N) is 3. The highest BCUT2D eigenvalue weighted by Gasteiger charge is 2.61. The summed E-state index contributed by atoms with van der Waals surface area (Å²) in [7, 11) is -0.578. The van der Waals surface area contributed by atoms with Gasteiger partial charge in [-0.15, -0.1) is 0 Å². The lowest BCUT2D eigenvalue weighted by Crippen LogP contribution is -2.58. The molecule has 2 unspecified atom stereocenters. The Kier molecular flexibility index (Phi) is 9.58. The summed E-state index contributed by atoms with van der Waals surface area (Å²) in [5.41, 5.74) is 0.825. The van der Waals surface area contributed by atoms with Crippen LogP contribution in [0.25, 0.3) is 22.2 Å². The molecule has 2 saturated carbocycles. The average molecular weight is 676 g/mol. The van der Waals surface area contributed by atoms with E-state index in [4.69, 9.17) is 14.5 Å². The minimum Gasteiger partial charge on any atom is -0.497 e. The lowest BCUT2D eigenvalue weighted by molar-refractivity contribution is -0.130. The minimum absolute atomic E-state index is 0.0417. The summed E-state index contributed by atoms with van der Waals surface area (Å²) in [6.45, 7) is 0.550. The number of amides is 4. The van der Waals surface area contributed by atoms with E-state index in [1.165, 1.54) is 4.90 Å². The van der Waals surface area contributed by atoms with Crippen LogP contribution in [0.4, 0.5) is 4.79 Å². The van der Waals surface area contributed by atoms with Crippen molar-refractivity contribution in [3.63, 3.8) is 0 Å². The fourth-order valence-corrected chi connectivity index (χ4v) is 7.30. The first-order chi connectivity index (χ1) is 23.1. The number of fused-ring (bicyclic) bond motifs is 2. The number of allylic oxidation sites excluding steroid dienone is 1. The van der Waals surface area contributed by atoms with Crippen LogP contribution >= 0.6 is 0 Å². The topological polar surface area (TPSA) is 156 Å². The van der Waals surface area contributed by atoms with Gasteiger partial charge in [0.25, 0.3) is 5.91 Å². The van der Waals surface area contributed by atoms with E-state index in [2.05, 4.69) is 15.4 Å². The zero-order valence-corrected chi connectivity index (χ0v) is 27.9. The Balaban J connectivity index is 1.24. The maximum absolute atomic E-state index is 13.9. The number of aromatic nitrogens is 1. The number of ether oxygens (including phenoxy) is 2. The van der Waals surface area contributed by atoms with Crippen molar-refractivity contribution in [2.24, 2.45) is 5.92 Å². The second-order valence-corrected chi connectivity index (χ2v) is 14.6. The normalized spacial score (nSPS) is 24.0. The van der Waals surface area contributed by atoms with E-state index in [0.717, 1.165) is 30.2 Å². The van der Waals surface area contributed by atoms with E-state index in [-0.39, 0.29) is 25.4 Å². The van der Waals surface area contributed by atoms with Crippen molar-refractivity contribution in [1.82, 2.24) is 25.2 Å². The molecule has 0 bridgehead atoms. The predicted octanol–water partition coefficient (Wildman–Crippen LogP) is 3.91. The van der Waals surface area contributed by atoms with Gasteiger partial charge in [-0.05, 0) is 50.7 Å². The standard InChI is InChI=1S/C35H41N5O7S/c1-40-18-9-4-3-8-12-24-22-35(24,33(42)39-48(44,45)26-14-15-26)38-32(41)28(37-34(40)43)17-19-47-31-21-29(23-10-6-5-7-11-23)36-30-20-25(46-2)13-16-27(30)31/h5-8,10-13,16,20-21,24,26,28H,3-4,9,14-15,17-19,22H2,1-2H3,(H,37,43)(H,38,41)(H,39,42)/b12-8-/t24?,28?,35-/m1/s1. The monoisotopic (exact) mass is 675 g/mol. The van der Waals surface area contributed by atoms with Crippen LogP contribution in [-0.2, 0) is 19.6 Å². The molecule has 2 aliphatic carbocycles. The molecule has 4 amide bonds. The molecule has 12 nitrogen and oxygen atoms in total. The molecule has 3 aromatic rings. The molecule has 1 aromatic heterocycles. The zero-order chi connectivity index (χ0) is 33.9. The Morgan fingerprint density at radius 2 is 1.90 bits per heavy atom. The number of benzene rings is 2. The lowest BCUT2D eigenvalue weighted by atomic mass is 10.1.